The molecule has 0 aromatic carbocycles. The minimum atomic E-state index is -2.55. The van der Waals surface area contributed by atoms with Crippen molar-refractivity contribution in [3.05, 3.63) is 15.8 Å². The van der Waals surface area contributed by atoms with Gasteiger partial charge in [-0.3, -0.25) is 9.36 Å². The van der Waals surface area contributed by atoms with Crippen molar-refractivity contribution < 1.29 is 23.1 Å². The van der Waals surface area contributed by atoms with E-state index < -0.39 is 8.25 Å². The standard InChI is InChI=1S/C8H10ClO5PS/c1-12-15(11)14-4-6(10)3-13-7-2-8(9)16-5-7/h2,5,15H,3-4H2,1H3. The number of hydrogen-bond donors (Lipinski definition) is 0. The lowest BCUT2D eigenvalue weighted by atomic mass is 10.4. The van der Waals surface area contributed by atoms with Crippen LogP contribution >= 0.6 is 31.2 Å². The lowest BCUT2D eigenvalue weighted by molar-refractivity contribution is -0.123. The molecule has 0 fully saturated rings. The van der Waals surface area contributed by atoms with Gasteiger partial charge in [0.15, 0.2) is 5.78 Å². The summed E-state index contributed by atoms with van der Waals surface area (Å²) in [6.45, 7) is -0.435. The van der Waals surface area contributed by atoms with Crippen LogP contribution in [0.3, 0.4) is 0 Å². The fraction of sp³-hybridized carbons (Fsp3) is 0.375. The molecule has 0 amide bonds. The van der Waals surface area contributed by atoms with Gasteiger partial charge in [0, 0.05) is 18.6 Å². The van der Waals surface area contributed by atoms with Crippen LogP contribution in [-0.2, 0) is 18.4 Å². The van der Waals surface area contributed by atoms with E-state index in [0.717, 1.165) is 0 Å². The Kier molecular flexibility index (Phi) is 6.01. The number of ketones is 1. The van der Waals surface area contributed by atoms with Crippen molar-refractivity contribution in [2.24, 2.45) is 0 Å². The van der Waals surface area contributed by atoms with Crippen molar-refractivity contribution >= 4 is 37.0 Å². The number of halogens is 1. The first-order valence-corrected chi connectivity index (χ1v) is 6.69. The summed E-state index contributed by atoms with van der Waals surface area (Å²) >= 11 is 6.98. The van der Waals surface area contributed by atoms with Crippen molar-refractivity contribution in [2.45, 2.75) is 0 Å². The van der Waals surface area contributed by atoms with Crippen LogP contribution in [0.2, 0.25) is 4.34 Å². The van der Waals surface area contributed by atoms with Gasteiger partial charge in [0.2, 0.25) is 0 Å². The summed E-state index contributed by atoms with van der Waals surface area (Å²) in [5.74, 6) is 0.209. The Hall–Kier alpha value is -0.390. The van der Waals surface area contributed by atoms with Gasteiger partial charge in [0.1, 0.15) is 19.0 Å². The monoisotopic (exact) mass is 284 g/mol. The molecular formula is C8H10ClO5PS. The second kappa shape index (κ2) is 7.04. The largest absolute Gasteiger partial charge is 0.485 e. The zero-order chi connectivity index (χ0) is 12.0. The molecule has 0 radical (unpaired) electrons. The summed E-state index contributed by atoms with van der Waals surface area (Å²) in [6.07, 6.45) is 0. The fourth-order valence-corrected chi connectivity index (χ4v) is 1.96. The molecule has 0 bridgehead atoms. The van der Waals surface area contributed by atoms with Crippen LogP contribution in [-0.4, -0.2) is 26.1 Å². The third-order valence-electron chi connectivity index (χ3n) is 1.46. The number of hydrogen-bond acceptors (Lipinski definition) is 6. The Morgan fingerprint density at radius 3 is 2.88 bits per heavy atom. The molecule has 1 aromatic heterocycles. The molecule has 0 aliphatic rings. The number of Topliss-reactive ketones (excluding diaryl/α,β-unsaturated/α-hetero) is 1. The van der Waals surface area contributed by atoms with Crippen LogP contribution in [0.5, 0.6) is 5.75 Å². The molecule has 0 spiro atoms. The van der Waals surface area contributed by atoms with Crippen molar-refractivity contribution in [3.63, 3.8) is 0 Å². The van der Waals surface area contributed by atoms with E-state index in [0.29, 0.717) is 10.1 Å². The fourth-order valence-electron chi connectivity index (χ4n) is 0.774. The van der Waals surface area contributed by atoms with Crippen LogP contribution in [0.4, 0.5) is 0 Å². The second-order valence-corrected chi connectivity index (χ2v) is 5.40. The topological polar surface area (TPSA) is 61.8 Å². The quantitative estimate of drug-likeness (QED) is 0.720. The van der Waals surface area contributed by atoms with Crippen LogP contribution in [0.15, 0.2) is 11.4 Å². The number of thiophene rings is 1. The van der Waals surface area contributed by atoms with Gasteiger partial charge in [-0.25, -0.2) is 0 Å². The normalized spacial score (nSPS) is 12.4. The Morgan fingerprint density at radius 2 is 2.31 bits per heavy atom. The average Bonchev–Trinajstić information content (AvgIpc) is 2.69. The van der Waals surface area contributed by atoms with Gasteiger partial charge in [0.05, 0.1) is 4.34 Å². The van der Waals surface area contributed by atoms with Crippen LogP contribution < -0.4 is 4.74 Å². The third-order valence-corrected chi connectivity index (χ3v) is 3.24. The highest BCUT2D eigenvalue weighted by Crippen LogP contribution is 2.25. The van der Waals surface area contributed by atoms with E-state index in [1.807, 2.05) is 0 Å². The molecule has 1 rings (SSSR count). The van der Waals surface area contributed by atoms with Crippen LogP contribution in [0.1, 0.15) is 0 Å². The Labute approximate surface area is 102 Å². The van der Waals surface area contributed by atoms with E-state index in [2.05, 4.69) is 9.05 Å². The maximum Gasteiger partial charge on any atom is 0.319 e. The number of carbonyl (C=O) groups is 1. The van der Waals surface area contributed by atoms with E-state index in [4.69, 9.17) is 16.3 Å². The third kappa shape index (κ3) is 5.09. The molecular weight excluding hydrogens is 275 g/mol. The first-order chi connectivity index (χ1) is 7.61. The van der Waals surface area contributed by atoms with E-state index in [-0.39, 0.29) is 19.0 Å². The molecule has 1 heterocycles. The SMILES string of the molecule is CO[PH](=O)OCC(=O)COc1csc(Cl)c1. The number of rotatable bonds is 7. The van der Waals surface area contributed by atoms with E-state index in [1.165, 1.54) is 18.4 Å². The van der Waals surface area contributed by atoms with E-state index in [9.17, 15) is 9.36 Å². The smallest absolute Gasteiger partial charge is 0.319 e. The first kappa shape index (κ1) is 13.7. The molecule has 1 aromatic rings. The van der Waals surface area contributed by atoms with Gasteiger partial charge in [-0.05, 0) is 0 Å². The highest BCUT2D eigenvalue weighted by Gasteiger charge is 2.07. The first-order valence-electron chi connectivity index (χ1n) is 4.21. The summed E-state index contributed by atoms with van der Waals surface area (Å²) in [4.78, 5) is 11.2. The number of carbonyl (C=O) groups excluding carboxylic acids is 1. The molecule has 0 aliphatic heterocycles. The van der Waals surface area contributed by atoms with Gasteiger partial charge < -0.3 is 13.8 Å². The molecule has 0 saturated carbocycles. The summed E-state index contributed by atoms with van der Waals surface area (Å²) in [6, 6.07) is 1.61. The van der Waals surface area contributed by atoms with Gasteiger partial charge in [0.25, 0.3) is 0 Å². The zero-order valence-corrected chi connectivity index (χ0v) is 11.0. The van der Waals surface area contributed by atoms with E-state index >= 15 is 0 Å². The summed E-state index contributed by atoms with van der Waals surface area (Å²) in [7, 11) is -1.30. The van der Waals surface area contributed by atoms with Crippen molar-refractivity contribution in [1.29, 1.82) is 0 Å². The summed E-state index contributed by atoms with van der Waals surface area (Å²) < 4.78 is 25.4. The number of ether oxygens (including phenoxy) is 1. The molecule has 5 nitrogen and oxygen atoms in total. The second-order valence-electron chi connectivity index (χ2n) is 2.66. The Bertz CT molecular complexity index is 380. The molecule has 90 valence electrons. The van der Waals surface area contributed by atoms with E-state index in [1.54, 1.807) is 11.4 Å². The average molecular weight is 285 g/mol. The molecule has 1 atom stereocenters. The lowest BCUT2D eigenvalue weighted by Gasteiger charge is -2.03. The van der Waals surface area contributed by atoms with Crippen LogP contribution in [0.25, 0.3) is 0 Å². The van der Waals surface area contributed by atoms with Gasteiger partial charge in [-0.15, -0.1) is 11.3 Å². The van der Waals surface area contributed by atoms with Crippen molar-refractivity contribution in [1.82, 2.24) is 0 Å². The Morgan fingerprint density at radius 1 is 1.56 bits per heavy atom. The molecule has 0 N–H and O–H groups in total. The van der Waals surface area contributed by atoms with Gasteiger partial charge in [-0.1, -0.05) is 11.6 Å². The van der Waals surface area contributed by atoms with Crippen molar-refractivity contribution in [3.8, 4) is 5.75 Å². The minimum Gasteiger partial charge on any atom is -0.485 e. The molecule has 1 unspecified atom stereocenters. The zero-order valence-electron chi connectivity index (χ0n) is 8.40. The highest BCUT2D eigenvalue weighted by molar-refractivity contribution is 7.33. The minimum absolute atomic E-state index is 0.147. The molecule has 8 heteroatoms. The summed E-state index contributed by atoms with van der Waals surface area (Å²) in [5.41, 5.74) is 0. The Balaban J connectivity index is 2.22. The van der Waals surface area contributed by atoms with Gasteiger partial charge >= 0.3 is 8.25 Å². The lowest BCUT2D eigenvalue weighted by Crippen LogP contribution is -2.15. The highest BCUT2D eigenvalue weighted by atomic mass is 35.5. The van der Waals surface area contributed by atoms with Gasteiger partial charge in [-0.2, -0.15) is 0 Å². The summed E-state index contributed by atoms with van der Waals surface area (Å²) in [5, 5.41) is 1.69. The predicted octanol–water partition coefficient (Wildman–Crippen LogP) is 2.40. The maximum atomic E-state index is 11.2. The molecule has 0 aliphatic carbocycles. The van der Waals surface area contributed by atoms with Crippen LogP contribution in [0, 0.1) is 0 Å². The maximum absolute atomic E-state index is 11.2. The predicted molar refractivity (Wildman–Crippen MR) is 61.8 cm³/mol. The van der Waals surface area contributed by atoms with Crippen molar-refractivity contribution in [2.75, 3.05) is 20.3 Å². The molecule has 0 saturated heterocycles. The molecule has 16 heavy (non-hydrogen) atoms.